The Morgan fingerprint density at radius 2 is 1.67 bits per heavy atom. The van der Waals surface area contributed by atoms with Crippen molar-refractivity contribution in [3.8, 4) is 6.07 Å². The SMILES string of the molecule is CCCNC(=O)c1cc(NC(=O)Nc2ccc(C#N)cc2)ccc1N(C)C. The second-order valence-corrected chi connectivity index (χ2v) is 6.15. The Morgan fingerprint density at radius 3 is 2.26 bits per heavy atom. The Morgan fingerprint density at radius 1 is 1.04 bits per heavy atom. The first kappa shape index (κ1) is 19.8. The quantitative estimate of drug-likeness (QED) is 0.731. The number of hydrogen-bond donors (Lipinski definition) is 3. The van der Waals surface area contributed by atoms with Crippen molar-refractivity contribution in [3.05, 3.63) is 53.6 Å². The van der Waals surface area contributed by atoms with Gasteiger partial charge in [0.15, 0.2) is 0 Å². The molecule has 140 valence electrons. The van der Waals surface area contributed by atoms with E-state index in [0.29, 0.717) is 29.0 Å². The van der Waals surface area contributed by atoms with Crippen LogP contribution in [0.3, 0.4) is 0 Å². The van der Waals surface area contributed by atoms with Crippen molar-refractivity contribution in [1.82, 2.24) is 5.32 Å². The van der Waals surface area contributed by atoms with E-state index < -0.39 is 6.03 Å². The minimum atomic E-state index is -0.433. The third kappa shape index (κ3) is 5.47. The van der Waals surface area contributed by atoms with Crippen molar-refractivity contribution in [2.45, 2.75) is 13.3 Å². The smallest absolute Gasteiger partial charge is 0.323 e. The molecule has 0 saturated carbocycles. The van der Waals surface area contributed by atoms with Gasteiger partial charge in [0, 0.05) is 37.7 Å². The fraction of sp³-hybridized carbons (Fsp3) is 0.250. The maximum Gasteiger partial charge on any atom is 0.323 e. The molecular formula is C20H23N5O2. The second kappa shape index (κ2) is 9.25. The number of benzene rings is 2. The van der Waals surface area contributed by atoms with E-state index in [1.54, 1.807) is 42.5 Å². The molecule has 2 aromatic carbocycles. The van der Waals surface area contributed by atoms with Crippen molar-refractivity contribution < 1.29 is 9.59 Å². The zero-order valence-corrected chi connectivity index (χ0v) is 15.7. The first-order valence-electron chi connectivity index (χ1n) is 8.62. The fourth-order valence-corrected chi connectivity index (χ4v) is 2.44. The monoisotopic (exact) mass is 365 g/mol. The highest BCUT2D eigenvalue weighted by Gasteiger charge is 2.14. The van der Waals surface area contributed by atoms with Crippen molar-refractivity contribution in [3.63, 3.8) is 0 Å². The van der Waals surface area contributed by atoms with Crippen LogP contribution in [-0.4, -0.2) is 32.6 Å². The third-order valence-electron chi connectivity index (χ3n) is 3.79. The van der Waals surface area contributed by atoms with Gasteiger partial charge in [0.2, 0.25) is 0 Å². The number of nitrogens with one attached hydrogen (secondary N) is 3. The zero-order valence-electron chi connectivity index (χ0n) is 15.7. The molecule has 0 aromatic heterocycles. The van der Waals surface area contributed by atoms with E-state index in [2.05, 4.69) is 16.0 Å². The van der Waals surface area contributed by atoms with Crippen LogP contribution in [0.5, 0.6) is 0 Å². The molecule has 0 saturated heterocycles. The van der Waals surface area contributed by atoms with Crippen molar-refractivity contribution in [2.75, 3.05) is 36.2 Å². The zero-order chi connectivity index (χ0) is 19.8. The lowest BCUT2D eigenvalue weighted by Gasteiger charge is -2.18. The van der Waals surface area contributed by atoms with Gasteiger partial charge in [-0.1, -0.05) is 6.92 Å². The first-order valence-corrected chi connectivity index (χ1v) is 8.62. The van der Waals surface area contributed by atoms with Crippen LogP contribution in [-0.2, 0) is 0 Å². The van der Waals surface area contributed by atoms with Gasteiger partial charge < -0.3 is 20.9 Å². The van der Waals surface area contributed by atoms with E-state index >= 15 is 0 Å². The maximum absolute atomic E-state index is 12.4. The van der Waals surface area contributed by atoms with Gasteiger partial charge in [0.05, 0.1) is 17.2 Å². The molecule has 0 unspecified atom stereocenters. The maximum atomic E-state index is 12.4. The minimum absolute atomic E-state index is 0.184. The van der Waals surface area contributed by atoms with E-state index in [0.717, 1.165) is 12.1 Å². The molecular weight excluding hydrogens is 342 g/mol. The Labute approximate surface area is 159 Å². The van der Waals surface area contributed by atoms with Crippen molar-refractivity contribution in [2.24, 2.45) is 0 Å². The number of nitriles is 1. The van der Waals surface area contributed by atoms with Crippen LogP contribution in [0.15, 0.2) is 42.5 Å². The Balaban J connectivity index is 2.13. The summed E-state index contributed by atoms with van der Waals surface area (Å²) >= 11 is 0. The van der Waals surface area contributed by atoms with Gasteiger partial charge in [-0.25, -0.2) is 4.79 Å². The number of carbonyl (C=O) groups excluding carboxylic acids is 2. The van der Waals surface area contributed by atoms with E-state index in [1.165, 1.54) is 0 Å². The molecule has 0 bridgehead atoms. The molecule has 0 aliphatic rings. The van der Waals surface area contributed by atoms with Crippen LogP contribution < -0.4 is 20.9 Å². The molecule has 0 atom stereocenters. The van der Waals surface area contributed by atoms with Gasteiger partial charge in [-0.2, -0.15) is 5.26 Å². The highest BCUT2D eigenvalue weighted by atomic mass is 16.2. The van der Waals surface area contributed by atoms with E-state index in [-0.39, 0.29) is 5.91 Å². The second-order valence-electron chi connectivity index (χ2n) is 6.15. The largest absolute Gasteiger partial charge is 0.377 e. The Kier molecular flexibility index (Phi) is 6.78. The molecule has 2 rings (SSSR count). The minimum Gasteiger partial charge on any atom is -0.377 e. The van der Waals surface area contributed by atoms with Gasteiger partial charge in [0.1, 0.15) is 0 Å². The third-order valence-corrected chi connectivity index (χ3v) is 3.79. The van der Waals surface area contributed by atoms with Gasteiger partial charge in [-0.15, -0.1) is 0 Å². The summed E-state index contributed by atoms with van der Waals surface area (Å²) in [7, 11) is 3.72. The van der Waals surface area contributed by atoms with Crippen LogP contribution >= 0.6 is 0 Å². The number of anilines is 3. The summed E-state index contributed by atoms with van der Waals surface area (Å²) < 4.78 is 0. The predicted octanol–water partition coefficient (Wildman–Crippen LogP) is 3.41. The van der Waals surface area contributed by atoms with Crippen molar-refractivity contribution >= 4 is 29.0 Å². The van der Waals surface area contributed by atoms with E-state index in [4.69, 9.17) is 5.26 Å². The normalized spacial score (nSPS) is 9.85. The summed E-state index contributed by atoms with van der Waals surface area (Å²) in [6.45, 7) is 2.57. The predicted molar refractivity (Wildman–Crippen MR) is 107 cm³/mol. The van der Waals surface area contributed by atoms with Crippen LogP contribution in [0.1, 0.15) is 29.3 Å². The molecule has 0 spiro atoms. The van der Waals surface area contributed by atoms with Gasteiger partial charge >= 0.3 is 6.03 Å². The highest BCUT2D eigenvalue weighted by molar-refractivity contribution is 6.03. The summed E-state index contributed by atoms with van der Waals surface area (Å²) in [5.74, 6) is -0.184. The molecule has 3 N–H and O–H groups in total. The number of carbonyl (C=O) groups is 2. The number of hydrogen-bond acceptors (Lipinski definition) is 4. The van der Waals surface area contributed by atoms with Crippen molar-refractivity contribution in [1.29, 1.82) is 5.26 Å². The van der Waals surface area contributed by atoms with Gasteiger partial charge in [0.25, 0.3) is 5.91 Å². The lowest BCUT2D eigenvalue weighted by Crippen LogP contribution is -2.27. The van der Waals surface area contributed by atoms with Crippen LogP contribution in [0, 0.1) is 11.3 Å². The summed E-state index contributed by atoms with van der Waals surface area (Å²) in [6.07, 6.45) is 0.841. The summed E-state index contributed by atoms with van der Waals surface area (Å²) in [4.78, 5) is 26.5. The number of urea groups is 1. The molecule has 7 heteroatoms. The molecule has 27 heavy (non-hydrogen) atoms. The topological polar surface area (TPSA) is 97.3 Å². The number of nitrogens with zero attached hydrogens (tertiary/aromatic N) is 2. The van der Waals surface area contributed by atoms with Gasteiger partial charge in [-0.05, 0) is 48.9 Å². The lowest BCUT2D eigenvalue weighted by atomic mass is 10.1. The first-order chi connectivity index (χ1) is 12.9. The Bertz CT molecular complexity index is 854. The average Bonchev–Trinajstić information content (AvgIpc) is 2.66. The summed E-state index contributed by atoms with van der Waals surface area (Å²) in [5, 5.41) is 17.1. The standard InChI is InChI=1S/C20H23N5O2/c1-4-11-22-19(26)17-12-16(9-10-18(17)25(2)3)24-20(27)23-15-7-5-14(13-21)6-8-15/h5-10,12H,4,11H2,1-3H3,(H,22,26)(H2,23,24,27). The summed E-state index contributed by atoms with van der Waals surface area (Å²) in [6, 6.07) is 13.3. The molecule has 7 nitrogen and oxygen atoms in total. The molecule has 0 aliphatic heterocycles. The molecule has 2 aromatic rings. The lowest BCUT2D eigenvalue weighted by molar-refractivity contribution is 0.0954. The van der Waals surface area contributed by atoms with E-state index in [9.17, 15) is 9.59 Å². The van der Waals surface area contributed by atoms with Crippen LogP contribution in [0.2, 0.25) is 0 Å². The van der Waals surface area contributed by atoms with Crippen LogP contribution in [0.25, 0.3) is 0 Å². The highest BCUT2D eigenvalue weighted by Crippen LogP contribution is 2.23. The molecule has 3 amide bonds. The summed E-state index contributed by atoms with van der Waals surface area (Å²) in [5.41, 5.74) is 2.85. The average molecular weight is 365 g/mol. The molecule has 0 aliphatic carbocycles. The fourth-order valence-electron chi connectivity index (χ4n) is 2.44. The molecule has 0 fully saturated rings. The Hall–Kier alpha value is -3.53. The number of amides is 3. The van der Waals surface area contributed by atoms with E-state index in [1.807, 2.05) is 32.0 Å². The van der Waals surface area contributed by atoms with Gasteiger partial charge in [-0.3, -0.25) is 4.79 Å². The number of rotatable bonds is 6. The van der Waals surface area contributed by atoms with Crippen LogP contribution in [0.4, 0.5) is 21.9 Å². The molecule has 0 heterocycles. The molecule has 0 radical (unpaired) electrons.